The molecule has 2 aromatic rings. The molecule has 11 heteroatoms. The number of alkyl halides is 2. The highest BCUT2D eigenvalue weighted by atomic mass is 32.1. The van der Waals surface area contributed by atoms with Crippen molar-refractivity contribution in [2.45, 2.75) is 51.2 Å². The van der Waals surface area contributed by atoms with Gasteiger partial charge in [0.15, 0.2) is 0 Å². The molecule has 32 heavy (non-hydrogen) atoms. The molecule has 0 unspecified atom stereocenters. The largest absolute Gasteiger partial charge is 0.399 e. The lowest BCUT2D eigenvalue weighted by atomic mass is 10.0. The number of hydrogen-bond acceptors (Lipinski definition) is 4. The molecule has 176 valence electrons. The smallest absolute Gasteiger partial charge is 0.341 e. The molecular weight excluding hydrogens is 461 g/mol. The Morgan fingerprint density at radius 2 is 1.84 bits per heavy atom. The van der Waals surface area contributed by atoms with E-state index >= 15 is 0 Å². The summed E-state index contributed by atoms with van der Waals surface area (Å²) in [7, 11) is -5.69. The highest BCUT2D eigenvalue weighted by molar-refractivity contribution is 7.52. The van der Waals surface area contributed by atoms with Crippen LogP contribution in [-0.4, -0.2) is 45.6 Å². The molecule has 1 aliphatic rings. The molecular formula is C21H27F2N2O5PS. The van der Waals surface area contributed by atoms with Gasteiger partial charge in [-0.2, -0.15) is 8.78 Å². The third-order valence-electron chi connectivity index (χ3n) is 5.51. The molecule has 1 fully saturated rings. The maximum Gasteiger partial charge on any atom is 0.399 e. The second-order valence-electron chi connectivity index (χ2n) is 8.48. The summed E-state index contributed by atoms with van der Waals surface area (Å²) in [5.74, 6) is -0.226. The van der Waals surface area contributed by atoms with Crippen LogP contribution >= 0.6 is 18.9 Å². The topological polar surface area (TPSA) is 107 Å². The molecule has 0 saturated carbocycles. The predicted molar refractivity (Wildman–Crippen MR) is 119 cm³/mol. The fourth-order valence-electron chi connectivity index (χ4n) is 3.66. The summed E-state index contributed by atoms with van der Waals surface area (Å²) in [6.45, 7) is 5.42. The molecule has 2 heterocycles. The van der Waals surface area contributed by atoms with E-state index in [4.69, 9.17) is 9.79 Å². The molecule has 0 aliphatic carbocycles. The first-order valence-electron chi connectivity index (χ1n) is 10.5. The highest BCUT2D eigenvalue weighted by Crippen LogP contribution is 2.59. The van der Waals surface area contributed by atoms with Crippen LogP contribution in [0.15, 0.2) is 24.3 Å². The zero-order chi connectivity index (χ0) is 23.7. The number of halogens is 2. The monoisotopic (exact) mass is 488 g/mol. The quantitative estimate of drug-likeness (QED) is 0.481. The molecule has 1 aliphatic heterocycles. The minimum absolute atomic E-state index is 0.110. The van der Waals surface area contributed by atoms with Crippen molar-refractivity contribution in [3.05, 3.63) is 34.7 Å². The van der Waals surface area contributed by atoms with E-state index in [9.17, 15) is 22.9 Å². The van der Waals surface area contributed by atoms with Crippen LogP contribution < -0.4 is 5.32 Å². The first-order chi connectivity index (χ1) is 14.9. The van der Waals surface area contributed by atoms with Crippen LogP contribution in [0.3, 0.4) is 0 Å². The van der Waals surface area contributed by atoms with Gasteiger partial charge >= 0.3 is 13.3 Å². The first-order valence-corrected chi connectivity index (χ1v) is 12.9. The summed E-state index contributed by atoms with van der Waals surface area (Å²) in [4.78, 5) is 45.7. The molecule has 7 nitrogen and oxygen atoms in total. The number of hydrogen-bond donors (Lipinski definition) is 3. The van der Waals surface area contributed by atoms with Gasteiger partial charge in [-0.1, -0.05) is 19.9 Å². The van der Waals surface area contributed by atoms with E-state index in [2.05, 4.69) is 5.32 Å². The van der Waals surface area contributed by atoms with Crippen LogP contribution in [0.25, 0.3) is 10.1 Å². The molecule has 2 amide bonds. The Morgan fingerprint density at radius 3 is 2.44 bits per heavy atom. The highest BCUT2D eigenvalue weighted by Gasteiger charge is 2.50. The molecule has 3 N–H and O–H groups in total. The van der Waals surface area contributed by atoms with E-state index in [1.165, 1.54) is 12.1 Å². The number of carbonyl (C=O) groups is 2. The number of nitrogens with zero attached hydrogens (tertiary/aromatic N) is 1. The molecule has 3 rings (SSSR count). The van der Waals surface area contributed by atoms with E-state index in [1.807, 2.05) is 13.8 Å². The Kier molecular flexibility index (Phi) is 7.39. The molecule has 0 bridgehead atoms. The standard InChI is InChI=1S/C21H27F2N2O5PS/c1-13(2)5-7-16(20(27)25-9-3-4-10-25)24-19(26)18-12-14-11-15(6-8-17(14)32-18)21(22,23)31(28,29)30/h6,8,11-13,16H,3-5,7,9-10H2,1-2H3,(H,24,26)(H2,28,29,30)/t16-/m0/s1. The number of nitrogens with one attached hydrogen (secondary N) is 1. The molecule has 1 aromatic carbocycles. The van der Waals surface area contributed by atoms with E-state index in [-0.39, 0.29) is 16.2 Å². The maximum absolute atomic E-state index is 14.0. The van der Waals surface area contributed by atoms with Gasteiger partial charge in [0.2, 0.25) is 5.91 Å². The third-order valence-corrected chi connectivity index (χ3v) is 7.61. The second kappa shape index (κ2) is 9.55. The van der Waals surface area contributed by atoms with Crippen molar-refractivity contribution in [3.8, 4) is 0 Å². The van der Waals surface area contributed by atoms with Crippen LogP contribution in [0.5, 0.6) is 0 Å². The van der Waals surface area contributed by atoms with Gasteiger partial charge in [-0.3, -0.25) is 14.2 Å². The normalized spacial score (nSPS) is 16.0. The van der Waals surface area contributed by atoms with Crippen LogP contribution in [0, 0.1) is 5.92 Å². The van der Waals surface area contributed by atoms with Crippen molar-refractivity contribution in [3.63, 3.8) is 0 Å². The number of likely N-dealkylation sites (tertiary alicyclic amines) is 1. The number of thiophene rings is 1. The number of carbonyl (C=O) groups excluding carboxylic acids is 2. The van der Waals surface area contributed by atoms with Crippen molar-refractivity contribution < 1.29 is 32.7 Å². The first kappa shape index (κ1) is 24.8. The van der Waals surface area contributed by atoms with Crippen molar-refractivity contribution in [2.75, 3.05) is 13.1 Å². The van der Waals surface area contributed by atoms with Crippen LogP contribution in [-0.2, 0) is 15.0 Å². The van der Waals surface area contributed by atoms with Crippen molar-refractivity contribution in [1.82, 2.24) is 10.2 Å². The average molecular weight is 488 g/mol. The molecule has 1 atom stereocenters. The minimum Gasteiger partial charge on any atom is -0.341 e. The summed E-state index contributed by atoms with van der Waals surface area (Å²) < 4.78 is 39.7. The maximum atomic E-state index is 14.0. The van der Waals surface area contributed by atoms with Gasteiger partial charge in [0.1, 0.15) is 6.04 Å². The summed E-state index contributed by atoms with van der Waals surface area (Å²) in [5, 5.41) is 3.08. The van der Waals surface area contributed by atoms with Crippen LogP contribution in [0.2, 0.25) is 0 Å². The van der Waals surface area contributed by atoms with Crippen molar-refractivity contribution in [1.29, 1.82) is 0 Å². The lowest BCUT2D eigenvalue weighted by Crippen LogP contribution is -2.47. The Morgan fingerprint density at radius 1 is 1.19 bits per heavy atom. The average Bonchev–Trinajstić information content (AvgIpc) is 3.38. The Labute approximate surface area is 189 Å². The van der Waals surface area contributed by atoms with Gasteiger partial charge in [0.25, 0.3) is 5.91 Å². The fourth-order valence-corrected chi connectivity index (χ4v) is 5.08. The summed E-state index contributed by atoms with van der Waals surface area (Å²) in [6.07, 6.45) is 3.14. The van der Waals surface area contributed by atoms with Crippen LogP contribution in [0.4, 0.5) is 8.78 Å². The predicted octanol–water partition coefficient (Wildman–Crippen LogP) is 4.29. The van der Waals surface area contributed by atoms with Crippen molar-refractivity contribution >= 4 is 40.8 Å². The Bertz CT molecular complexity index is 1050. The van der Waals surface area contributed by atoms with E-state index < -0.39 is 30.8 Å². The van der Waals surface area contributed by atoms with Gasteiger partial charge < -0.3 is 20.0 Å². The van der Waals surface area contributed by atoms with Gasteiger partial charge in [-0.05, 0) is 55.2 Å². The van der Waals surface area contributed by atoms with Crippen LogP contribution in [0.1, 0.15) is 54.8 Å². The number of fused-ring (bicyclic) bond motifs is 1. The minimum atomic E-state index is -5.69. The third kappa shape index (κ3) is 5.36. The van der Waals surface area contributed by atoms with Gasteiger partial charge in [-0.15, -0.1) is 11.3 Å². The number of rotatable bonds is 8. The summed E-state index contributed by atoms with van der Waals surface area (Å²) >= 11 is 1.07. The lowest BCUT2D eigenvalue weighted by Gasteiger charge is -2.24. The van der Waals surface area contributed by atoms with Gasteiger partial charge in [0, 0.05) is 23.4 Å². The zero-order valence-electron chi connectivity index (χ0n) is 17.9. The zero-order valence-corrected chi connectivity index (χ0v) is 19.6. The Hall–Kier alpha value is -1.87. The lowest BCUT2D eigenvalue weighted by molar-refractivity contribution is -0.132. The number of amides is 2. The molecule has 1 saturated heterocycles. The molecule has 0 spiro atoms. The second-order valence-corrected chi connectivity index (χ2v) is 11.2. The van der Waals surface area contributed by atoms with Gasteiger partial charge in [-0.25, -0.2) is 0 Å². The Balaban J connectivity index is 1.82. The molecule has 0 radical (unpaired) electrons. The van der Waals surface area contributed by atoms with E-state index in [1.54, 1.807) is 4.90 Å². The SMILES string of the molecule is CC(C)CC[C@H](NC(=O)c1cc2cc(C(F)(F)P(=O)(O)O)ccc2s1)C(=O)N1CCCC1. The fraction of sp³-hybridized carbons (Fsp3) is 0.524. The van der Waals surface area contributed by atoms with Crippen molar-refractivity contribution in [2.24, 2.45) is 5.92 Å². The summed E-state index contributed by atoms with van der Waals surface area (Å²) in [6, 6.07) is 3.97. The van der Waals surface area contributed by atoms with Gasteiger partial charge in [0.05, 0.1) is 4.88 Å². The summed E-state index contributed by atoms with van der Waals surface area (Å²) in [5.41, 5.74) is -5.14. The van der Waals surface area contributed by atoms with E-state index in [0.717, 1.165) is 42.7 Å². The number of benzene rings is 1. The molecule has 1 aromatic heterocycles. The van der Waals surface area contributed by atoms with E-state index in [0.29, 0.717) is 30.1 Å².